The lowest BCUT2D eigenvalue weighted by atomic mass is 9.78. The largest absolute Gasteiger partial charge is 0.481 e. The standard InChI is InChI=1S/C42H48N4O4/c1-5-27-6-10-29(11-7-27)30-14-16-31(17-15-30)34-23-43-38(44-24-34)32-12-8-28(9-13-32)22-37(40(48)46-25-35(26-46)41(49)50)45-39(47)33-18-20-36(21-19-33)42(2,3)4/h8-9,12-21,23-24,27,29,35,37H,5-7,10-11,22,25-26H2,1-4H3,(H,45,47)(H,49,50)/t27-,29-,37-/m0/s1. The van der Waals surface area contributed by atoms with Crippen LogP contribution in [0.25, 0.3) is 22.5 Å². The van der Waals surface area contributed by atoms with Crippen molar-refractivity contribution in [1.82, 2.24) is 20.2 Å². The minimum atomic E-state index is -0.919. The quantitative estimate of drug-likeness (QED) is 0.179. The Morgan fingerprint density at radius 3 is 1.98 bits per heavy atom. The second kappa shape index (κ2) is 15.0. The molecule has 0 spiro atoms. The number of carboxylic acids is 1. The van der Waals surface area contributed by atoms with Gasteiger partial charge >= 0.3 is 5.97 Å². The molecule has 2 aliphatic rings. The van der Waals surface area contributed by atoms with Crippen LogP contribution < -0.4 is 5.32 Å². The molecule has 2 fully saturated rings. The summed E-state index contributed by atoms with van der Waals surface area (Å²) in [6.07, 6.45) is 10.5. The topological polar surface area (TPSA) is 112 Å². The molecule has 2 heterocycles. The van der Waals surface area contributed by atoms with Crippen LogP contribution in [-0.2, 0) is 21.4 Å². The summed E-state index contributed by atoms with van der Waals surface area (Å²) in [6, 6.07) is 23.1. The van der Waals surface area contributed by atoms with Crippen LogP contribution in [0.15, 0.2) is 85.2 Å². The Labute approximate surface area is 295 Å². The van der Waals surface area contributed by atoms with E-state index < -0.39 is 17.9 Å². The molecule has 0 unspecified atom stereocenters. The Morgan fingerprint density at radius 1 is 0.820 bits per heavy atom. The minimum absolute atomic E-state index is 0.0515. The Hall–Kier alpha value is -4.85. The number of carboxylic acid groups (broad SMARTS) is 1. The molecule has 2 N–H and O–H groups in total. The summed E-state index contributed by atoms with van der Waals surface area (Å²) in [4.78, 5) is 49.0. The Bertz CT molecular complexity index is 1780. The lowest BCUT2D eigenvalue weighted by Crippen LogP contribution is -2.59. The number of hydrogen-bond acceptors (Lipinski definition) is 5. The van der Waals surface area contributed by atoms with Crippen molar-refractivity contribution < 1.29 is 19.5 Å². The van der Waals surface area contributed by atoms with E-state index in [1.54, 1.807) is 12.1 Å². The van der Waals surface area contributed by atoms with Gasteiger partial charge in [-0.15, -0.1) is 0 Å². The van der Waals surface area contributed by atoms with Gasteiger partial charge in [0.15, 0.2) is 5.82 Å². The highest BCUT2D eigenvalue weighted by molar-refractivity contribution is 5.98. The third kappa shape index (κ3) is 8.12. The van der Waals surface area contributed by atoms with Gasteiger partial charge in [0.25, 0.3) is 5.91 Å². The fourth-order valence-electron chi connectivity index (χ4n) is 7.10. The lowest BCUT2D eigenvalue weighted by molar-refractivity contribution is -0.153. The number of benzene rings is 3. The van der Waals surface area contributed by atoms with Crippen LogP contribution >= 0.6 is 0 Å². The Morgan fingerprint density at radius 2 is 1.42 bits per heavy atom. The van der Waals surface area contributed by atoms with Crippen LogP contribution in [0.1, 0.15) is 92.8 Å². The zero-order chi connectivity index (χ0) is 35.4. The van der Waals surface area contributed by atoms with Crippen molar-refractivity contribution >= 4 is 17.8 Å². The average molecular weight is 673 g/mol. The number of nitrogens with one attached hydrogen (secondary N) is 1. The van der Waals surface area contributed by atoms with Crippen molar-refractivity contribution in [2.24, 2.45) is 11.8 Å². The van der Waals surface area contributed by atoms with E-state index >= 15 is 0 Å². The predicted molar refractivity (Wildman–Crippen MR) is 196 cm³/mol. The average Bonchev–Trinajstić information content (AvgIpc) is 3.10. The molecule has 1 aliphatic heterocycles. The fraction of sp³-hybridized carbons (Fsp3) is 0.405. The SMILES string of the molecule is CC[C@H]1CC[C@H](c2ccc(-c3cnc(-c4ccc(C[C@H](NC(=O)c5ccc(C(C)(C)C)cc5)C(=O)N5CC(C(=O)O)C5)cc4)nc3)cc2)CC1. The first-order chi connectivity index (χ1) is 24.0. The molecule has 4 aromatic rings. The molecule has 6 rings (SSSR count). The maximum absolute atomic E-state index is 13.5. The van der Waals surface area contributed by atoms with Gasteiger partial charge in [-0.2, -0.15) is 0 Å². The van der Waals surface area contributed by atoms with Crippen molar-refractivity contribution in [3.63, 3.8) is 0 Å². The summed E-state index contributed by atoms with van der Waals surface area (Å²) in [7, 11) is 0. The zero-order valence-electron chi connectivity index (χ0n) is 29.6. The van der Waals surface area contributed by atoms with E-state index in [0.29, 0.717) is 17.3 Å². The smallest absolute Gasteiger partial charge is 0.310 e. The highest BCUT2D eigenvalue weighted by Crippen LogP contribution is 2.37. The maximum atomic E-state index is 13.5. The first kappa shape index (κ1) is 35.0. The van der Waals surface area contributed by atoms with E-state index in [1.807, 2.05) is 48.8 Å². The predicted octanol–water partition coefficient (Wildman–Crippen LogP) is 7.68. The summed E-state index contributed by atoms with van der Waals surface area (Å²) < 4.78 is 0. The van der Waals surface area contributed by atoms with Crippen LogP contribution in [0.4, 0.5) is 0 Å². The van der Waals surface area contributed by atoms with Gasteiger partial charge in [0.2, 0.25) is 5.91 Å². The van der Waals surface area contributed by atoms with E-state index in [0.717, 1.165) is 33.7 Å². The van der Waals surface area contributed by atoms with Gasteiger partial charge < -0.3 is 15.3 Å². The van der Waals surface area contributed by atoms with E-state index in [4.69, 9.17) is 0 Å². The monoisotopic (exact) mass is 672 g/mol. The summed E-state index contributed by atoms with van der Waals surface area (Å²) in [5.74, 6) is 0.00490. The zero-order valence-corrected chi connectivity index (χ0v) is 29.6. The fourth-order valence-corrected chi connectivity index (χ4v) is 7.10. The molecule has 8 heteroatoms. The second-order valence-corrected chi connectivity index (χ2v) is 15.1. The van der Waals surface area contributed by atoms with Gasteiger partial charge in [-0.1, -0.05) is 94.8 Å². The lowest BCUT2D eigenvalue weighted by Gasteiger charge is -2.39. The van der Waals surface area contributed by atoms with Gasteiger partial charge in [0, 0.05) is 48.6 Å². The molecular formula is C42H48N4O4. The number of aliphatic carboxylic acids is 1. The molecule has 50 heavy (non-hydrogen) atoms. The number of rotatable bonds is 10. The molecule has 0 bridgehead atoms. The number of likely N-dealkylation sites (tertiary alicyclic amines) is 1. The third-order valence-corrected chi connectivity index (χ3v) is 10.6. The van der Waals surface area contributed by atoms with Crippen LogP contribution in [0.3, 0.4) is 0 Å². The first-order valence-corrected chi connectivity index (χ1v) is 17.9. The van der Waals surface area contributed by atoms with Crippen molar-refractivity contribution in [1.29, 1.82) is 0 Å². The summed E-state index contributed by atoms with van der Waals surface area (Å²) in [5, 5.41) is 12.2. The van der Waals surface area contributed by atoms with E-state index in [1.165, 1.54) is 42.6 Å². The van der Waals surface area contributed by atoms with Crippen LogP contribution in [-0.4, -0.2) is 56.9 Å². The van der Waals surface area contributed by atoms with E-state index in [9.17, 15) is 19.5 Å². The van der Waals surface area contributed by atoms with E-state index in [2.05, 4.69) is 67.2 Å². The van der Waals surface area contributed by atoms with Gasteiger partial charge in [-0.3, -0.25) is 14.4 Å². The van der Waals surface area contributed by atoms with Crippen molar-refractivity contribution in [3.8, 4) is 22.5 Å². The maximum Gasteiger partial charge on any atom is 0.310 e. The highest BCUT2D eigenvalue weighted by atomic mass is 16.4. The summed E-state index contributed by atoms with van der Waals surface area (Å²) in [6.45, 7) is 8.90. The van der Waals surface area contributed by atoms with Gasteiger partial charge in [0.1, 0.15) is 6.04 Å². The Kier molecular flexibility index (Phi) is 10.5. The molecule has 1 aromatic heterocycles. The Balaban J connectivity index is 1.11. The first-order valence-electron chi connectivity index (χ1n) is 17.9. The van der Waals surface area contributed by atoms with Gasteiger partial charge in [0.05, 0.1) is 5.92 Å². The minimum Gasteiger partial charge on any atom is -0.481 e. The summed E-state index contributed by atoms with van der Waals surface area (Å²) in [5.41, 5.74) is 6.70. The van der Waals surface area contributed by atoms with Crippen molar-refractivity contribution in [2.45, 2.75) is 83.6 Å². The number of nitrogens with zero attached hydrogens (tertiary/aromatic N) is 3. The highest BCUT2D eigenvalue weighted by Gasteiger charge is 2.39. The van der Waals surface area contributed by atoms with Gasteiger partial charge in [-0.25, -0.2) is 9.97 Å². The van der Waals surface area contributed by atoms with Gasteiger partial charge in [-0.05, 0) is 77.3 Å². The molecule has 2 amide bonds. The molecule has 1 aliphatic carbocycles. The number of amides is 2. The normalized spacial score (nSPS) is 18.6. The van der Waals surface area contributed by atoms with Crippen molar-refractivity contribution in [3.05, 3.63) is 107 Å². The molecule has 1 saturated heterocycles. The molecule has 1 atom stereocenters. The molecule has 0 radical (unpaired) electrons. The molecule has 260 valence electrons. The summed E-state index contributed by atoms with van der Waals surface area (Å²) >= 11 is 0. The van der Waals surface area contributed by atoms with Crippen LogP contribution in [0.5, 0.6) is 0 Å². The number of carbonyl (C=O) groups is 3. The molecular weight excluding hydrogens is 624 g/mol. The third-order valence-electron chi connectivity index (χ3n) is 10.6. The van der Waals surface area contributed by atoms with Crippen LogP contribution in [0, 0.1) is 11.8 Å². The molecule has 1 saturated carbocycles. The van der Waals surface area contributed by atoms with E-state index in [-0.39, 0.29) is 36.7 Å². The number of carbonyl (C=O) groups excluding carboxylic acids is 2. The molecule has 3 aromatic carbocycles. The number of hydrogen-bond donors (Lipinski definition) is 2. The number of aromatic nitrogens is 2. The second-order valence-electron chi connectivity index (χ2n) is 15.1. The van der Waals surface area contributed by atoms with Crippen LogP contribution in [0.2, 0.25) is 0 Å². The molecule has 8 nitrogen and oxygen atoms in total. The van der Waals surface area contributed by atoms with Crippen molar-refractivity contribution in [2.75, 3.05) is 13.1 Å².